The molecule has 0 heterocycles. The molecule has 1 unspecified atom stereocenters. The minimum Gasteiger partial charge on any atom is -0.352 e. The van der Waals surface area contributed by atoms with E-state index in [2.05, 4.69) is 5.32 Å². The van der Waals surface area contributed by atoms with Crippen molar-refractivity contribution in [1.82, 2.24) is 10.2 Å². The summed E-state index contributed by atoms with van der Waals surface area (Å²) in [5.41, 5.74) is 5.07. The van der Waals surface area contributed by atoms with Gasteiger partial charge >= 0.3 is 6.03 Å². The van der Waals surface area contributed by atoms with Gasteiger partial charge in [-0.15, -0.1) is 0 Å². The van der Waals surface area contributed by atoms with Gasteiger partial charge in [0.1, 0.15) is 6.04 Å². The third kappa shape index (κ3) is 5.00. The van der Waals surface area contributed by atoms with Gasteiger partial charge in [0.15, 0.2) is 0 Å². The summed E-state index contributed by atoms with van der Waals surface area (Å²) >= 11 is 0. The van der Waals surface area contributed by atoms with Crippen molar-refractivity contribution in [2.45, 2.75) is 40.2 Å². The SMILES string of the molecule is CCN(CC)C(=O)C(CC(C)C)NC(N)=O. The van der Waals surface area contributed by atoms with E-state index >= 15 is 0 Å². The second-order valence-corrected chi connectivity index (χ2v) is 4.20. The lowest BCUT2D eigenvalue weighted by molar-refractivity contribution is -0.133. The molecule has 16 heavy (non-hydrogen) atoms. The predicted molar refractivity (Wildman–Crippen MR) is 63.9 cm³/mol. The highest BCUT2D eigenvalue weighted by Crippen LogP contribution is 2.07. The van der Waals surface area contributed by atoms with Crippen LogP contribution in [-0.4, -0.2) is 36.0 Å². The second-order valence-electron chi connectivity index (χ2n) is 4.20. The van der Waals surface area contributed by atoms with E-state index < -0.39 is 12.1 Å². The van der Waals surface area contributed by atoms with Crippen LogP contribution in [0.1, 0.15) is 34.1 Å². The third-order valence-electron chi connectivity index (χ3n) is 2.40. The van der Waals surface area contributed by atoms with E-state index in [-0.39, 0.29) is 5.91 Å². The lowest BCUT2D eigenvalue weighted by Crippen LogP contribution is -2.50. The number of carbonyl (C=O) groups is 2. The van der Waals surface area contributed by atoms with Gasteiger partial charge in [-0.2, -0.15) is 0 Å². The van der Waals surface area contributed by atoms with Crippen LogP contribution in [0, 0.1) is 5.92 Å². The quantitative estimate of drug-likeness (QED) is 0.711. The van der Waals surface area contributed by atoms with E-state index in [0.717, 1.165) is 0 Å². The normalized spacial score (nSPS) is 12.3. The third-order valence-corrected chi connectivity index (χ3v) is 2.40. The Morgan fingerprint density at radius 2 is 1.75 bits per heavy atom. The minimum absolute atomic E-state index is 0.0579. The molecule has 0 fully saturated rings. The molecule has 0 aromatic heterocycles. The van der Waals surface area contributed by atoms with Crippen LogP contribution in [0.15, 0.2) is 0 Å². The number of nitrogens with two attached hydrogens (primary N) is 1. The number of likely N-dealkylation sites (N-methyl/N-ethyl adjacent to an activating group) is 1. The molecule has 0 spiro atoms. The van der Waals surface area contributed by atoms with E-state index in [1.165, 1.54) is 0 Å². The average Bonchev–Trinajstić information content (AvgIpc) is 2.17. The van der Waals surface area contributed by atoms with Gasteiger partial charge in [-0.25, -0.2) is 4.79 Å². The molecule has 0 aliphatic carbocycles. The van der Waals surface area contributed by atoms with Crippen LogP contribution in [0.25, 0.3) is 0 Å². The van der Waals surface area contributed by atoms with Gasteiger partial charge < -0.3 is 16.0 Å². The smallest absolute Gasteiger partial charge is 0.312 e. The molecule has 0 aliphatic heterocycles. The Morgan fingerprint density at radius 3 is 2.06 bits per heavy atom. The second kappa shape index (κ2) is 7.09. The van der Waals surface area contributed by atoms with Crippen LogP contribution < -0.4 is 11.1 Å². The first kappa shape index (κ1) is 14.7. The molecule has 3 N–H and O–H groups in total. The fourth-order valence-electron chi connectivity index (χ4n) is 1.62. The highest BCUT2D eigenvalue weighted by atomic mass is 16.2. The van der Waals surface area contributed by atoms with Crippen LogP contribution in [0.2, 0.25) is 0 Å². The van der Waals surface area contributed by atoms with Gasteiger partial charge in [0.2, 0.25) is 5.91 Å². The molecule has 94 valence electrons. The van der Waals surface area contributed by atoms with Crippen LogP contribution in [0.3, 0.4) is 0 Å². The number of urea groups is 1. The van der Waals surface area contributed by atoms with E-state index in [9.17, 15) is 9.59 Å². The summed E-state index contributed by atoms with van der Waals surface area (Å²) in [5.74, 6) is 0.272. The Labute approximate surface area is 97.4 Å². The molecule has 1 atom stereocenters. The predicted octanol–water partition coefficient (Wildman–Crippen LogP) is 0.938. The molecule has 0 aliphatic rings. The molecule has 0 saturated heterocycles. The Balaban J connectivity index is 4.59. The number of amides is 3. The first-order chi connectivity index (χ1) is 7.42. The van der Waals surface area contributed by atoms with Crippen molar-refractivity contribution in [1.29, 1.82) is 0 Å². The molecule has 5 nitrogen and oxygen atoms in total. The van der Waals surface area contributed by atoms with Gasteiger partial charge in [0.25, 0.3) is 0 Å². The summed E-state index contributed by atoms with van der Waals surface area (Å²) in [7, 11) is 0. The van der Waals surface area contributed by atoms with Crippen molar-refractivity contribution < 1.29 is 9.59 Å². The van der Waals surface area contributed by atoms with Crippen molar-refractivity contribution >= 4 is 11.9 Å². The van der Waals surface area contributed by atoms with Crippen LogP contribution >= 0.6 is 0 Å². The average molecular weight is 229 g/mol. The monoisotopic (exact) mass is 229 g/mol. The van der Waals surface area contributed by atoms with Gasteiger partial charge in [0, 0.05) is 13.1 Å². The molecular formula is C11H23N3O2. The summed E-state index contributed by atoms with van der Waals surface area (Å²) in [6.45, 7) is 9.13. The van der Waals surface area contributed by atoms with Crippen molar-refractivity contribution in [2.75, 3.05) is 13.1 Å². The number of hydrogen-bond acceptors (Lipinski definition) is 2. The molecule has 0 rings (SSSR count). The van der Waals surface area contributed by atoms with Crippen molar-refractivity contribution in [3.8, 4) is 0 Å². The van der Waals surface area contributed by atoms with Crippen molar-refractivity contribution in [2.24, 2.45) is 11.7 Å². The summed E-state index contributed by atoms with van der Waals surface area (Å²) in [4.78, 5) is 24.6. The van der Waals surface area contributed by atoms with E-state index in [0.29, 0.717) is 25.4 Å². The van der Waals surface area contributed by atoms with Crippen molar-refractivity contribution in [3.63, 3.8) is 0 Å². The van der Waals surface area contributed by atoms with E-state index in [4.69, 9.17) is 5.73 Å². The number of rotatable bonds is 6. The lowest BCUT2D eigenvalue weighted by atomic mass is 10.0. The molecule has 3 amide bonds. The Morgan fingerprint density at radius 1 is 1.25 bits per heavy atom. The standard InChI is InChI=1S/C11H23N3O2/c1-5-14(6-2)10(15)9(7-8(3)4)13-11(12)16/h8-9H,5-7H2,1-4H3,(H3,12,13,16). The number of hydrogen-bond donors (Lipinski definition) is 2. The van der Waals surface area contributed by atoms with E-state index in [1.807, 2.05) is 27.7 Å². The van der Waals surface area contributed by atoms with Crippen LogP contribution in [-0.2, 0) is 4.79 Å². The summed E-state index contributed by atoms with van der Waals surface area (Å²) in [5, 5.41) is 2.51. The molecule has 0 bridgehead atoms. The summed E-state index contributed by atoms with van der Waals surface area (Å²) in [6, 6.07) is -1.15. The van der Waals surface area contributed by atoms with Gasteiger partial charge in [-0.3, -0.25) is 4.79 Å². The Hall–Kier alpha value is -1.26. The molecular weight excluding hydrogens is 206 g/mol. The number of nitrogens with zero attached hydrogens (tertiary/aromatic N) is 1. The maximum atomic E-state index is 12.0. The highest BCUT2D eigenvalue weighted by Gasteiger charge is 2.24. The Bertz CT molecular complexity index is 237. The zero-order valence-electron chi connectivity index (χ0n) is 10.6. The maximum absolute atomic E-state index is 12.0. The number of carbonyl (C=O) groups excluding carboxylic acids is 2. The first-order valence-corrected chi connectivity index (χ1v) is 5.77. The largest absolute Gasteiger partial charge is 0.352 e. The lowest BCUT2D eigenvalue weighted by Gasteiger charge is -2.26. The molecule has 0 aromatic carbocycles. The molecule has 5 heteroatoms. The zero-order chi connectivity index (χ0) is 12.7. The summed E-state index contributed by atoms with van der Waals surface area (Å²) in [6.07, 6.45) is 0.609. The topological polar surface area (TPSA) is 75.4 Å². The van der Waals surface area contributed by atoms with E-state index in [1.54, 1.807) is 4.90 Å². The summed E-state index contributed by atoms with van der Waals surface area (Å²) < 4.78 is 0. The van der Waals surface area contributed by atoms with Gasteiger partial charge in [-0.1, -0.05) is 13.8 Å². The molecule has 0 saturated carbocycles. The molecule has 0 radical (unpaired) electrons. The minimum atomic E-state index is -0.647. The highest BCUT2D eigenvalue weighted by molar-refractivity contribution is 5.86. The maximum Gasteiger partial charge on any atom is 0.312 e. The number of nitrogens with one attached hydrogen (secondary N) is 1. The fourth-order valence-corrected chi connectivity index (χ4v) is 1.62. The van der Waals surface area contributed by atoms with Crippen LogP contribution in [0.5, 0.6) is 0 Å². The molecule has 0 aromatic rings. The van der Waals surface area contributed by atoms with Gasteiger partial charge in [0.05, 0.1) is 0 Å². The van der Waals surface area contributed by atoms with Crippen molar-refractivity contribution in [3.05, 3.63) is 0 Å². The first-order valence-electron chi connectivity index (χ1n) is 5.77. The van der Waals surface area contributed by atoms with Gasteiger partial charge in [-0.05, 0) is 26.2 Å². The van der Waals surface area contributed by atoms with Crippen LogP contribution in [0.4, 0.5) is 4.79 Å². The zero-order valence-corrected chi connectivity index (χ0v) is 10.6. The Kier molecular flexibility index (Phi) is 6.53. The fraction of sp³-hybridized carbons (Fsp3) is 0.818. The number of primary amides is 1.